The molecule has 0 aliphatic rings. The molecule has 0 aromatic carbocycles. The van der Waals surface area contributed by atoms with Crippen LogP contribution < -0.4 is 0 Å². The first-order valence-corrected chi connectivity index (χ1v) is 6.77. The number of rotatable bonds is 8. The van der Waals surface area contributed by atoms with Crippen molar-refractivity contribution in [1.29, 1.82) is 0 Å². The van der Waals surface area contributed by atoms with Crippen LogP contribution >= 0.6 is 0 Å². The lowest BCUT2D eigenvalue weighted by molar-refractivity contribution is -0.137. The summed E-state index contributed by atoms with van der Waals surface area (Å²) in [5.74, 6) is -0.407. The van der Waals surface area contributed by atoms with E-state index in [9.17, 15) is 4.79 Å². The van der Waals surface area contributed by atoms with Gasteiger partial charge in [-0.15, -0.1) is 6.58 Å². The second kappa shape index (κ2) is 7.39. The maximum atomic E-state index is 10.7. The minimum absolute atomic E-state index is 0.347. The van der Waals surface area contributed by atoms with Crippen molar-refractivity contribution in [3.63, 3.8) is 0 Å². The van der Waals surface area contributed by atoms with Gasteiger partial charge < -0.3 is 13.6 Å². The molecule has 4 nitrogen and oxygen atoms in total. The van der Waals surface area contributed by atoms with Crippen molar-refractivity contribution in [2.24, 2.45) is 0 Å². The molecule has 0 N–H and O–H groups in total. The normalized spacial score (nSPS) is 10.8. The molecule has 0 aliphatic carbocycles. The Morgan fingerprint density at radius 1 is 1.33 bits per heavy atom. The average Bonchev–Trinajstić information content (AvgIpc) is 2.30. The van der Waals surface area contributed by atoms with Crippen LogP contribution in [0.4, 0.5) is 0 Å². The highest BCUT2D eigenvalue weighted by Gasteiger charge is 2.30. The highest BCUT2D eigenvalue weighted by Crippen LogP contribution is 2.15. The first-order valence-electron chi connectivity index (χ1n) is 4.67. The van der Waals surface area contributed by atoms with E-state index < -0.39 is 14.5 Å². The number of hydrogen-bond acceptors (Lipinski definition) is 4. The highest BCUT2D eigenvalue weighted by atomic mass is 28.4. The quantitative estimate of drug-likeness (QED) is 0.275. The summed E-state index contributed by atoms with van der Waals surface area (Å²) in [5, 5.41) is 0. The number of hydrogen-bond donors (Lipinski definition) is 0. The summed E-state index contributed by atoms with van der Waals surface area (Å²) in [5.41, 5.74) is 1.72. The summed E-state index contributed by atoms with van der Waals surface area (Å²) in [6.45, 7) is 7.35. The standard InChI is InChI=1S/C10H18O4Si/c1-5-10(11)14-8-7-9-15(6-2,12-3)13-4/h5-6H,1-2,7-9H2,3-4H3. The van der Waals surface area contributed by atoms with E-state index in [-0.39, 0.29) is 0 Å². The Labute approximate surface area is 91.8 Å². The van der Waals surface area contributed by atoms with Crippen LogP contribution in [0.25, 0.3) is 0 Å². The predicted molar refractivity (Wildman–Crippen MR) is 60.5 cm³/mol. The highest BCUT2D eigenvalue weighted by molar-refractivity contribution is 6.72. The molecule has 0 saturated heterocycles. The minimum atomic E-state index is -2.25. The summed E-state index contributed by atoms with van der Waals surface area (Å²) in [6.07, 6.45) is 1.84. The van der Waals surface area contributed by atoms with Gasteiger partial charge in [-0.1, -0.05) is 6.58 Å². The van der Waals surface area contributed by atoms with Crippen LogP contribution in [0.5, 0.6) is 0 Å². The van der Waals surface area contributed by atoms with Gasteiger partial charge in [-0.05, 0) is 18.2 Å². The Kier molecular flexibility index (Phi) is 6.94. The molecular formula is C10H18O4Si. The van der Waals surface area contributed by atoms with Gasteiger partial charge in [0.05, 0.1) is 6.61 Å². The van der Waals surface area contributed by atoms with Gasteiger partial charge in [0.2, 0.25) is 0 Å². The molecule has 5 heteroatoms. The molecular weight excluding hydrogens is 212 g/mol. The maximum absolute atomic E-state index is 10.7. The van der Waals surface area contributed by atoms with Crippen LogP contribution in [-0.2, 0) is 18.4 Å². The van der Waals surface area contributed by atoms with Crippen LogP contribution in [0.1, 0.15) is 6.42 Å². The molecule has 15 heavy (non-hydrogen) atoms. The molecule has 0 aromatic heterocycles. The van der Waals surface area contributed by atoms with Crippen molar-refractivity contribution in [2.45, 2.75) is 12.5 Å². The molecule has 0 atom stereocenters. The Bertz CT molecular complexity index is 223. The third-order valence-electron chi connectivity index (χ3n) is 2.08. The van der Waals surface area contributed by atoms with E-state index in [1.54, 1.807) is 19.9 Å². The van der Waals surface area contributed by atoms with Gasteiger partial charge in [0.15, 0.2) is 0 Å². The van der Waals surface area contributed by atoms with Crippen LogP contribution in [-0.4, -0.2) is 35.4 Å². The largest absolute Gasteiger partial charge is 0.463 e. The molecule has 0 bridgehead atoms. The van der Waals surface area contributed by atoms with E-state index in [0.29, 0.717) is 19.1 Å². The number of carbonyl (C=O) groups excluding carboxylic acids is 1. The molecule has 86 valence electrons. The number of carbonyl (C=O) groups is 1. The topological polar surface area (TPSA) is 44.8 Å². The van der Waals surface area contributed by atoms with Crippen molar-refractivity contribution in [3.05, 3.63) is 24.9 Å². The fourth-order valence-electron chi connectivity index (χ4n) is 1.11. The summed E-state index contributed by atoms with van der Waals surface area (Å²) in [4.78, 5) is 10.7. The Morgan fingerprint density at radius 2 is 1.93 bits per heavy atom. The van der Waals surface area contributed by atoms with Crippen LogP contribution in [0.15, 0.2) is 24.9 Å². The minimum Gasteiger partial charge on any atom is -0.463 e. The molecule has 0 aliphatic heterocycles. The lowest BCUT2D eigenvalue weighted by Gasteiger charge is -2.23. The molecule has 0 radical (unpaired) electrons. The molecule has 0 rings (SSSR count). The van der Waals surface area contributed by atoms with Gasteiger partial charge in [0.1, 0.15) is 0 Å². The van der Waals surface area contributed by atoms with Gasteiger partial charge in [0.25, 0.3) is 0 Å². The van der Waals surface area contributed by atoms with E-state index in [1.807, 2.05) is 0 Å². The van der Waals surface area contributed by atoms with Gasteiger partial charge in [-0.2, -0.15) is 0 Å². The van der Waals surface area contributed by atoms with Crippen molar-refractivity contribution < 1.29 is 18.4 Å². The molecule has 0 saturated carbocycles. The van der Waals surface area contributed by atoms with Gasteiger partial charge in [0, 0.05) is 20.3 Å². The average molecular weight is 230 g/mol. The first kappa shape index (κ1) is 14.1. The molecule has 0 unspecified atom stereocenters. The van der Waals surface area contributed by atoms with E-state index in [4.69, 9.17) is 13.6 Å². The first-order chi connectivity index (χ1) is 7.14. The van der Waals surface area contributed by atoms with Crippen LogP contribution in [0, 0.1) is 0 Å². The second-order valence-corrected chi connectivity index (χ2v) is 6.25. The fraction of sp³-hybridized carbons (Fsp3) is 0.500. The van der Waals surface area contributed by atoms with E-state index >= 15 is 0 Å². The van der Waals surface area contributed by atoms with Crippen LogP contribution in [0.2, 0.25) is 6.04 Å². The molecule has 0 aromatic rings. The van der Waals surface area contributed by atoms with Crippen molar-refractivity contribution in [1.82, 2.24) is 0 Å². The third kappa shape index (κ3) is 4.92. The van der Waals surface area contributed by atoms with E-state index in [2.05, 4.69) is 13.2 Å². The zero-order chi connectivity index (χ0) is 11.7. The maximum Gasteiger partial charge on any atom is 0.364 e. The fourth-order valence-corrected chi connectivity index (χ4v) is 2.86. The zero-order valence-electron chi connectivity index (χ0n) is 9.32. The third-order valence-corrected chi connectivity index (χ3v) is 5.14. The Morgan fingerprint density at radius 3 is 2.33 bits per heavy atom. The molecule has 0 spiro atoms. The summed E-state index contributed by atoms with van der Waals surface area (Å²) in [6, 6.07) is 0.716. The predicted octanol–water partition coefficient (Wildman–Crippen LogP) is 1.57. The van der Waals surface area contributed by atoms with E-state index in [1.165, 1.54) is 0 Å². The number of esters is 1. The summed E-state index contributed by atoms with van der Waals surface area (Å²) in [7, 11) is 0.956. The van der Waals surface area contributed by atoms with Gasteiger partial charge >= 0.3 is 14.5 Å². The van der Waals surface area contributed by atoms with Gasteiger partial charge in [-0.25, -0.2) is 4.79 Å². The lowest BCUT2D eigenvalue weighted by Crippen LogP contribution is -2.38. The molecule has 0 fully saturated rings. The second-order valence-electron chi connectivity index (χ2n) is 2.90. The Balaban J connectivity index is 3.86. The van der Waals surface area contributed by atoms with Crippen molar-refractivity contribution >= 4 is 14.5 Å². The number of ether oxygens (including phenoxy) is 1. The zero-order valence-corrected chi connectivity index (χ0v) is 10.3. The smallest absolute Gasteiger partial charge is 0.364 e. The Hall–Kier alpha value is -0.913. The van der Waals surface area contributed by atoms with Crippen LogP contribution in [0.3, 0.4) is 0 Å². The molecule has 0 amide bonds. The summed E-state index contributed by atoms with van der Waals surface area (Å²) < 4.78 is 15.5. The van der Waals surface area contributed by atoms with Crippen molar-refractivity contribution in [2.75, 3.05) is 20.8 Å². The lowest BCUT2D eigenvalue weighted by atomic mass is 10.5. The molecule has 0 heterocycles. The van der Waals surface area contributed by atoms with E-state index in [0.717, 1.165) is 6.08 Å². The monoisotopic (exact) mass is 230 g/mol. The summed E-state index contributed by atoms with van der Waals surface area (Å²) >= 11 is 0. The van der Waals surface area contributed by atoms with Gasteiger partial charge in [-0.3, -0.25) is 0 Å². The SMILES string of the molecule is C=CC(=O)OCCC[Si](C=C)(OC)OC. The van der Waals surface area contributed by atoms with Crippen molar-refractivity contribution in [3.8, 4) is 0 Å².